The number of likely N-dealkylation sites (N-methyl/N-ethyl adjacent to an activating group) is 1. The van der Waals surface area contributed by atoms with Crippen LogP contribution in [0.4, 0.5) is 0 Å². The van der Waals surface area contributed by atoms with Crippen LogP contribution < -0.4 is 0 Å². The molecule has 0 aromatic carbocycles. The second kappa shape index (κ2) is 6.64. The van der Waals surface area contributed by atoms with Crippen molar-refractivity contribution >= 4 is 17.2 Å². The summed E-state index contributed by atoms with van der Waals surface area (Å²) in [6.45, 7) is 7.95. The summed E-state index contributed by atoms with van der Waals surface area (Å²) in [5, 5.41) is 2.14. The van der Waals surface area contributed by atoms with Gasteiger partial charge in [0.15, 0.2) is 0 Å². The van der Waals surface area contributed by atoms with Crippen molar-refractivity contribution in [2.24, 2.45) is 0 Å². The average molecular weight is 322 g/mol. The summed E-state index contributed by atoms with van der Waals surface area (Å²) in [6, 6.07) is 0. The van der Waals surface area contributed by atoms with Crippen LogP contribution in [0, 0.1) is 0 Å². The third-order valence-electron chi connectivity index (χ3n) is 5.33. The van der Waals surface area contributed by atoms with Gasteiger partial charge in [-0.05, 0) is 26.8 Å². The number of piperazine rings is 1. The molecule has 2 aliphatic heterocycles. The molecule has 0 saturated carbocycles. The van der Waals surface area contributed by atoms with E-state index in [2.05, 4.69) is 34.1 Å². The molecular weight excluding hydrogens is 296 g/mol. The molecule has 5 nitrogen and oxygen atoms in total. The van der Waals surface area contributed by atoms with Crippen molar-refractivity contribution in [2.75, 3.05) is 39.8 Å². The highest BCUT2D eigenvalue weighted by Crippen LogP contribution is 2.32. The highest BCUT2D eigenvalue weighted by Gasteiger charge is 2.41. The molecule has 1 atom stereocenters. The van der Waals surface area contributed by atoms with Gasteiger partial charge in [-0.25, -0.2) is 4.98 Å². The van der Waals surface area contributed by atoms with E-state index in [0.717, 1.165) is 52.1 Å². The fraction of sp³-hybridized carbons (Fsp3) is 0.750. The van der Waals surface area contributed by atoms with Crippen LogP contribution >= 0.6 is 11.3 Å². The zero-order chi connectivity index (χ0) is 15.6. The van der Waals surface area contributed by atoms with Gasteiger partial charge in [0, 0.05) is 56.6 Å². The van der Waals surface area contributed by atoms with Gasteiger partial charge in [-0.15, -0.1) is 11.3 Å². The lowest BCUT2D eigenvalue weighted by atomic mass is 9.86. The second-order valence-electron chi connectivity index (χ2n) is 6.56. The Labute approximate surface area is 136 Å². The van der Waals surface area contributed by atoms with Crippen LogP contribution in [0.1, 0.15) is 31.9 Å². The number of amides is 1. The molecule has 1 aromatic rings. The topological polar surface area (TPSA) is 39.7 Å². The molecule has 1 spiro atoms. The maximum Gasteiger partial charge on any atom is 0.222 e. The summed E-state index contributed by atoms with van der Waals surface area (Å²) in [5.74, 6) is 0.324. The molecule has 122 valence electrons. The Balaban J connectivity index is 1.71. The average Bonchev–Trinajstić information content (AvgIpc) is 2.96. The number of thiazole rings is 1. The predicted octanol–water partition coefficient (Wildman–Crippen LogP) is 1.66. The predicted molar refractivity (Wildman–Crippen MR) is 88.9 cm³/mol. The van der Waals surface area contributed by atoms with Crippen LogP contribution in [0.15, 0.2) is 10.9 Å². The molecule has 0 bridgehead atoms. The van der Waals surface area contributed by atoms with Gasteiger partial charge in [-0.3, -0.25) is 14.6 Å². The van der Waals surface area contributed by atoms with Crippen LogP contribution in [0.2, 0.25) is 0 Å². The Hall–Kier alpha value is -0.980. The molecule has 0 radical (unpaired) electrons. The van der Waals surface area contributed by atoms with Crippen LogP contribution in [-0.2, 0) is 11.3 Å². The highest BCUT2D eigenvalue weighted by atomic mass is 32.1. The number of likely N-dealkylation sites (tertiary alicyclic amines) is 1. The van der Waals surface area contributed by atoms with Crippen molar-refractivity contribution < 1.29 is 4.79 Å². The van der Waals surface area contributed by atoms with Crippen LogP contribution in [-0.4, -0.2) is 70.9 Å². The number of hydrogen-bond donors (Lipinski definition) is 0. The SMILES string of the molecule is CCN1CC[C@@]2(CCC1=O)CN(Cc1cscn1)CCN2C. The van der Waals surface area contributed by atoms with Gasteiger partial charge < -0.3 is 4.90 Å². The van der Waals surface area contributed by atoms with E-state index in [1.165, 1.54) is 5.69 Å². The molecule has 0 N–H and O–H groups in total. The van der Waals surface area contributed by atoms with E-state index < -0.39 is 0 Å². The molecule has 1 amide bonds. The number of hydrogen-bond acceptors (Lipinski definition) is 5. The van der Waals surface area contributed by atoms with E-state index >= 15 is 0 Å². The molecule has 6 heteroatoms. The summed E-state index contributed by atoms with van der Waals surface area (Å²) in [4.78, 5) is 23.6. The van der Waals surface area contributed by atoms with Gasteiger partial charge in [-0.1, -0.05) is 0 Å². The van der Waals surface area contributed by atoms with Gasteiger partial charge in [0.1, 0.15) is 0 Å². The van der Waals surface area contributed by atoms with Crippen LogP contribution in [0.3, 0.4) is 0 Å². The Morgan fingerprint density at radius 2 is 2.18 bits per heavy atom. The molecule has 0 aliphatic carbocycles. The lowest BCUT2D eigenvalue weighted by Crippen LogP contribution is -2.60. The maximum absolute atomic E-state index is 12.2. The molecule has 1 aromatic heterocycles. The van der Waals surface area contributed by atoms with Crippen molar-refractivity contribution in [3.8, 4) is 0 Å². The summed E-state index contributed by atoms with van der Waals surface area (Å²) in [7, 11) is 2.23. The first-order valence-corrected chi connectivity index (χ1v) is 9.16. The van der Waals surface area contributed by atoms with E-state index in [-0.39, 0.29) is 5.54 Å². The lowest BCUT2D eigenvalue weighted by molar-refractivity contribution is -0.130. The van der Waals surface area contributed by atoms with Gasteiger partial charge in [0.25, 0.3) is 0 Å². The number of aromatic nitrogens is 1. The quantitative estimate of drug-likeness (QED) is 0.848. The normalized spacial score (nSPS) is 28.3. The summed E-state index contributed by atoms with van der Waals surface area (Å²) < 4.78 is 0. The summed E-state index contributed by atoms with van der Waals surface area (Å²) >= 11 is 1.66. The van der Waals surface area contributed by atoms with Crippen LogP contribution in [0.25, 0.3) is 0 Å². The highest BCUT2D eigenvalue weighted by molar-refractivity contribution is 7.07. The van der Waals surface area contributed by atoms with Gasteiger partial charge in [0.2, 0.25) is 5.91 Å². The summed E-state index contributed by atoms with van der Waals surface area (Å²) in [5.41, 5.74) is 3.22. The third-order valence-corrected chi connectivity index (χ3v) is 5.97. The molecule has 22 heavy (non-hydrogen) atoms. The largest absolute Gasteiger partial charge is 0.343 e. The Morgan fingerprint density at radius 1 is 1.32 bits per heavy atom. The number of carbonyl (C=O) groups excluding carboxylic acids is 1. The van der Waals surface area contributed by atoms with Crippen LogP contribution in [0.5, 0.6) is 0 Å². The van der Waals surface area contributed by atoms with Crippen molar-refractivity contribution in [1.29, 1.82) is 0 Å². The number of nitrogens with zero attached hydrogens (tertiary/aromatic N) is 4. The Bertz CT molecular complexity index is 506. The lowest BCUT2D eigenvalue weighted by Gasteiger charge is -2.49. The first-order chi connectivity index (χ1) is 10.6. The fourth-order valence-electron chi connectivity index (χ4n) is 3.79. The van der Waals surface area contributed by atoms with E-state index in [9.17, 15) is 4.79 Å². The minimum Gasteiger partial charge on any atom is -0.343 e. The zero-order valence-electron chi connectivity index (χ0n) is 13.6. The Kier molecular flexibility index (Phi) is 4.80. The first kappa shape index (κ1) is 15.9. The Morgan fingerprint density at radius 3 is 2.91 bits per heavy atom. The maximum atomic E-state index is 12.2. The van der Waals surface area contributed by atoms with Gasteiger partial charge in [0.05, 0.1) is 11.2 Å². The van der Waals surface area contributed by atoms with Crippen molar-refractivity contribution in [3.63, 3.8) is 0 Å². The van der Waals surface area contributed by atoms with E-state index in [1.54, 1.807) is 11.3 Å². The van der Waals surface area contributed by atoms with Gasteiger partial charge >= 0.3 is 0 Å². The molecule has 3 heterocycles. The molecule has 2 fully saturated rings. The fourth-order valence-corrected chi connectivity index (χ4v) is 4.34. The smallest absolute Gasteiger partial charge is 0.222 e. The monoisotopic (exact) mass is 322 g/mol. The summed E-state index contributed by atoms with van der Waals surface area (Å²) in [6.07, 6.45) is 2.74. The van der Waals surface area contributed by atoms with E-state index in [4.69, 9.17) is 0 Å². The van der Waals surface area contributed by atoms with Gasteiger partial charge in [-0.2, -0.15) is 0 Å². The van der Waals surface area contributed by atoms with Crippen molar-refractivity contribution in [3.05, 3.63) is 16.6 Å². The van der Waals surface area contributed by atoms with Crippen molar-refractivity contribution in [1.82, 2.24) is 19.7 Å². The number of carbonyl (C=O) groups is 1. The molecule has 3 rings (SSSR count). The second-order valence-corrected chi connectivity index (χ2v) is 7.28. The molecule has 2 saturated heterocycles. The molecular formula is C16H26N4OS. The zero-order valence-corrected chi connectivity index (χ0v) is 14.4. The standard InChI is InChI=1S/C16H26N4OS/c1-3-20-7-6-16(5-4-15(20)21)12-19(9-8-18(16)2)10-14-11-22-13-17-14/h11,13H,3-10,12H2,1-2H3/t16-/m0/s1. The first-order valence-electron chi connectivity index (χ1n) is 8.21. The minimum atomic E-state index is 0.147. The molecule has 0 unspecified atom stereocenters. The van der Waals surface area contributed by atoms with Crippen molar-refractivity contribution in [2.45, 2.75) is 38.3 Å². The van der Waals surface area contributed by atoms with E-state index in [0.29, 0.717) is 12.3 Å². The minimum absolute atomic E-state index is 0.147. The molecule has 2 aliphatic rings. The number of rotatable bonds is 3. The third kappa shape index (κ3) is 3.19. The van der Waals surface area contributed by atoms with E-state index in [1.807, 2.05) is 10.4 Å².